The topological polar surface area (TPSA) is 89.4 Å². The number of hydrogen-bond acceptors (Lipinski definition) is 5. The van der Waals surface area contributed by atoms with Gasteiger partial charge in [0.15, 0.2) is 5.69 Å². The molecule has 2 aromatic rings. The molecular formula is C17H20ClN5O3. The second kappa shape index (κ2) is 8.18. The first kappa shape index (κ1) is 18.2. The van der Waals surface area contributed by atoms with E-state index in [0.717, 1.165) is 12.8 Å². The van der Waals surface area contributed by atoms with Crippen LogP contribution in [0.4, 0.5) is 0 Å². The number of carbonyl (C=O) groups is 2. The van der Waals surface area contributed by atoms with Crippen molar-refractivity contribution < 1.29 is 14.3 Å². The van der Waals surface area contributed by atoms with Crippen molar-refractivity contribution in [3.8, 4) is 5.75 Å². The summed E-state index contributed by atoms with van der Waals surface area (Å²) in [5.74, 6) is 0.122. The zero-order valence-electron chi connectivity index (χ0n) is 14.4. The molecule has 1 fully saturated rings. The minimum atomic E-state index is -0.414. The number of benzene rings is 1. The van der Waals surface area contributed by atoms with Crippen LogP contribution in [0.15, 0.2) is 30.5 Å². The molecule has 0 aliphatic carbocycles. The summed E-state index contributed by atoms with van der Waals surface area (Å²) in [6.45, 7) is 1.09. The standard InChI is InChI=1S/C17H20ClN5O3/c1-22-11-14(20-21-22)17(25)19-10-16(24)23-8-6-12(7-9-23)26-15-5-3-2-4-13(15)18/h2-5,11-12H,6-10H2,1H3,(H,19,25). The molecule has 0 bridgehead atoms. The van der Waals surface area contributed by atoms with Gasteiger partial charge in [0.05, 0.1) is 17.8 Å². The van der Waals surface area contributed by atoms with Crippen molar-refractivity contribution in [2.45, 2.75) is 18.9 Å². The molecule has 1 aromatic carbocycles. The summed E-state index contributed by atoms with van der Waals surface area (Å²) in [7, 11) is 1.67. The Labute approximate surface area is 156 Å². The third kappa shape index (κ3) is 4.51. The van der Waals surface area contributed by atoms with E-state index in [9.17, 15) is 9.59 Å². The van der Waals surface area contributed by atoms with Gasteiger partial charge >= 0.3 is 0 Å². The molecular weight excluding hydrogens is 358 g/mol. The van der Waals surface area contributed by atoms with E-state index in [1.165, 1.54) is 10.9 Å². The molecule has 0 radical (unpaired) electrons. The Hall–Kier alpha value is -2.61. The highest BCUT2D eigenvalue weighted by Crippen LogP contribution is 2.26. The van der Waals surface area contributed by atoms with E-state index in [1.54, 1.807) is 18.0 Å². The van der Waals surface area contributed by atoms with Crippen LogP contribution in [0.2, 0.25) is 5.02 Å². The Morgan fingerprint density at radius 2 is 2.04 bits per heavy atom. The van der Waals surface area contributed by atoms with Crippen LogP contribution in [-0.4, -0.2) is 57.4 Å². The summed E-state index contributed by atoms with van der Waals surface area (Å²) in [6.07, 6.45) is 2.95. The number of piperidine rings is 1. The number of likely N-dealkylation sites (tertiary alicyclic amines) is 1. The maximum atomic E-state index is 12.3. The number of halogens is 1. The summed E-state index contributed by atoms with van der Waals surface area (Å²) >= 11 is 6.10. The van der Waals surface area contributed by atoms with Crippen molar-refractivity contribution in [1.29, 1.82) is 0 Å². The third-order valence-electron chi connectivity index (χ3n) is 4.16. The lowest BCUT2D eigenvalue weighted by atomic mass is 10.1. The Balaban J connectivity index is 1.43. The number of rotatable bonds is 5. The molecule has 2 amide bonds. The van der Waals surface area contributed by atoms with Crippen molar-refractivity contribution in [1.82, 2.24) is 25.2 Å². The molecule has 1 aliphatic rings. The first-order chi connectivity index (χ1) is 12.5. The summed E-state index contributed by atoms with van der Waals surface area (Å²) in [6, 6.07) is 7.35. The first-order valence-electron chi connectivity index (χ1n) is 8.36. The molecule has 0 spiro atoms. The number of hydrogen-bond donors (Lipinski definition) is 1. The van der Waals surface area contributed by atoms with Crippen molar-refractivity contribution in [2.75, 3.05) is 19.6 Å². The van der Waals surface area contributed by atoms with Crippen LogP contribution < -0.4 is 10.1 Å². The van der Waals surface area contributed by atoms with Crippen LogP contribution in [0.1, 0.15) is 23.3 Å². The molecule has 0 saturated carbocycles. The number of para-hydroxylation sites is 1. The average Bonchev–Trinajstić information content (AvgIpc) is 3.08. The molecule has 2 heterocycles. The van der Waals surface area contributed by atoms with E-state index >= 15 is 0 Å². The number of nitrogens with zero attached hydrogens (tertiary/aromatic N) is 4. The van der Waals surface area contributed by atoms with Gasteiger partial charge in [0.1, 0.15) is 11.9 Å². The fourth-order valence-corrected chi connectivity index (χ4v) is 2.93. The van der Waals surface area contributed by atoms with Crippen LogP contribution in [-0.2, 0) is 11.8 Å². The molecule has 1 N–H and O–H groups in total. The van der Waals surface area contributed by atoms with Crippen molar-refractivity contribution >= 4 is 23.4 Å². The van der Waals surface area contributed by atoms with E-state index in [2.05, 4.69) is 15.6 Å². The molecule has 3 rings (SSSR count). The predicted octanol–water partition coefficient (Wildman–Crippen LogP) is 1.27. The fraction of sp³-hybridized carbons (Fsp3) is 0.412. The number of aryl methyl sites for hydroxylation is 1. The Bertz CT molecular complexity index is 786. The SMILES string of the molecule is Cn1cc(C(=O)NCC(=O)N2CCC(Oc3ccccc3Cl)CC2)nn1. The lowest BCUT2D eigenvalue weighted by Gasteiger charge is -2.32. The van der Waals surface area contributed by atoms with Crippen molar-refractivity contribution in [3.63, 3.8) is 0 Å². The van der Waals surface area contributed by atoms with E-state index in [-0.39, 0.29) is 24.2 Å². The van der Waals surface area contributed by atoms with Gasteiger partial charge in [-0.3, -0.25) is 14.3 Å². The summed E-state index contributed by atoms with van der Waals surface area (Å²) in [4.78, 5) is 25.9. The lowest BCUT2D eigenvalue weighted by Crippen LogP contribution is -2.46. The highest BCUT2D eigenvalue weighted by Gasteiger charge is 2.24. The molecule has 138 valence electrons. The number of carbonyl (C=O) groups excluding carboxylic acids is 2. The molecule has 26 heavy (non-hydrogen) atoms. The Morgan fingerprint density at radius 3 is 2.69 bits per heavy atom. The zero-order valence-corrected chi connectivity index (χ0v) is 15.1. The molecule has 1 saturated heterocycles. The van der Waals surface area contributed by atoms with Crippen LogP contribution in [0.5, 0.6) is 5.75 Å². The van der Waals surface area contributed by atoms with Crippen LogP contribution in [0, 0.1) is 0 Å². The highest BCUT2D eigenvalue weighted by molar-refractivity contribution is 6.32. The maximum absolute atomic E-state index is 12.3. The third-order valence-corrected chi connectivity index (χ3v) is 4.47. The highest BCUT2D eigenvalue weighted by atomic mass is 35.5. The van der Waals surface area contributed by atoms with Gasteiger partial charge in [-0.15, -0.1) is 5.10 Å². The van der Waals surface area contributed by atoms with Gasteiger partial charge < -0.3 is 15.0 Å². The molecule has 1 aliphatic heterocycles. The molecule has 0 unspecified atom stereocenters. The minimum Gasteiger partial charge on any atom is -0.489 e. The lowest BCUT2D eigenvalue weighted by molar-refractivity contribution is -0.131. The predicted molar refractivity (Wildman–Crippen MR) is 95.0 cm³/mol. The normalized spacial score (nSPS) is 14.9. The van der Waals surface area contributed by atoms with E-state index < -0.39 is 5.91 Å². The smallest absolute Gasteiger partial charge is 0.273 e. The fourth-order valence-electron chi connectivity index (χ4n) is 2.75. The second-order valence-electron chi connectivity index (χ2n) is 6.09. The van der Waals surface area contributed by atoms with E-state index in [1.807, 2.05) is 18.2 Å². The molecule has 0 atom stereocenters. The van der Waals surface area contributed by atoms with Crippen molar-refractivity contribution in [3.05, 3.63) is 41.2 Å². The number of aromatic nitrogens is 3. The minimum absolute atomic E-state index is 0.0214. The summed E-state index contributed by atoms with van der Waals surface area (Å²) in [5, 5.41) is 10.6. The van der Waals surface area contributed by atoms with Gasteiger partial charge in [-0.05, 0) is 12.1 Å². The molecule has 8 nitrogen and oxygen atoms in total. The van der Waals surface area contributed by atoms with Gasteiger partial charge in [0, 0.05) is 33.0 Å². The van der Waals surface area contributed by atoms with Gasteiger partial charge in [0.25, 0.3) is 5.91 Å². The second-order valence-corrected chi connectivity index (χ2v) is 6.50. The maximum Gasteiger partial charge on any atom is 0.273 e. The van der Waals surface area contributed by atoms with Gasteiger partial charge in [-0.1, -0.05) is 28.9 Å². The summed E-state index contributed by atoms with van der Waals surface area (Å²) < 4.78 is 7.35. The van der Waals surface area contributed by atoms with Crippen LogP contribution in [0.25, 0.3) is 0 Å². The Morgan fingerprint density at radius 1 is 1.31 bits per heavy atom. The van der Waals surface area contributed by atoms with E-state index in [0.29, 0.717) is 23.9 Å². The largest absolute Gasteiger partial charge is 0.489 e. The van der Waals surface area contributed by atoms with Gasteiger partial charge in [-0.2, -0.15) is 0 Å². The van der Waals surface area contributed by atoms with Gasteiger partial charge in [0.2, 0.25) is 5.91 Å². The average molecular weight is 378 g/mol. The number of ether oxygens (including phenoxy) is 1. The monoisotopic (exact) mass is 377 g/mol. The quantitative estimate of drug-likeness (QED) is 0.847. The van der Waals surface area contributed by atoms with E-state index in [4.69, 9.17) is 16.3 Å². The molecule has 1 aromatic heterocycles. The Kier molecular flexibility index (Phi) is 5.72. The van der Waals surface area contributed by atoms with Crippen molar-refractivity contribution in [2.24, 2.45) is 7.05 Å². The van der Waals surface area contributed by atoms with Crippen LogP contribution in [0.3, 0.4) is 0 Å². The van der Waals surface area contributed by atoms with Gasteiger partial charge in [-0.25, -0.2) is 0 Å². The number of nitrogens with one attached hydrogen (secondary N) is 1. The zero-order chi connectivity index (χ0) is 18.5. The van der Waals surface area contributed by atoms with Crippen LogP contribution >= 0.6 is 11.6 Å². The molecule has 9 heteroatoms. The summed E-state index contributed by atoms with van der Waals surface area (Å²) in [5.41, 5.74) is 0.187. The number of amides is 2. The first-order valence-corrected chi connectivity index (χ1v) is 8.74.